The molecule has 0 heterocycles. The molecule has 2 aromatic rings. The molecule has 9 heteroatoms. The van der Waals surface area contributed by atoms with Crippen molar-refractivity contribution in [2.45, 2.75) is 26.1 Å². The molecular weight excluding hydrogens is 396 g/mol. The van der Waals surface area contributed by atoms with E-state index in [4.69, 9.17) is 15.7 Å². The van der Waals surface area contributed by atoms with E-state index in [-0.39, 0.29) is 25.3 Å². The maximum absolute atomic E-state index is 14.8. The fourth-order valence-electron chi connectivity index (χ4n) is 2.90. The highest BCUT2D eigenvalue weighted by Crippen LogP contribution is 2.28. The second-order valence-corrected chi connectivity index (χ2v) is 6.37. The molecule has 158 valence electrons. The summed E-state index contributed by atoms with van der Waals surface area (Å²) in [6, 6.07) is 10.3. The Morgan fingerprint density at radius 2 is 1.90 bits per heavy atom. The smallest absolute Gasteiger partial charge is 0.323 e. The standard InChI is InChI=1S/C21H21F2N3O4/c1-2-30-20(18-16(22)8-7-15(10-25)19(18)23)21(29)26(12-17(27)28)11-14-5-3-13(9-24)4-6-14/h3-8,20H,2,10-12,25H2,1H3,(H,27,28). The van der Waals surface area contributed by atoms with Crippen LogP contribution in [0.2, 0.25) is 0 Å². The van der Waals surface area contributed by atoms with Gasteiger partial charge in [-0.1, -0.05) is 18.2 Å². The molecule has 0 saturated carbocycles. The zero-order valence-corrected chi connectivity index (χ0v) is 16.3. The largest absolute Gasteiger partial charge is 0.480 e. The Kier molecular flexibility index (Phi) is 7.98. The minimum Gasteiger partial charge on any atom is -0.480 e. The number of halogens is 2. The van der Waals surface area contributed by atoms with E-state index in [0.29, 0.717) is 11.1 Å². The Morgan fingerprint density at radius 3 is 2.43 bits per heavy atom. The van der Waals surface area contributed by atoms with Gasteiger partial charge in [0.25, 0.3) is 5.91 Å². The molecule has 3 N–H and O–H groups in total. The number of rotatable bonds is 9. The fraction of sp³-hybridized carbons (Fsp3) is 0.286. The maximum Gasteiger partial charge on any atom is 0.323 e. The molecular formula is C21H21F2N3O4. The quantitative estimate of drug-likeness (QED) is 0.647. The van der Waals surface area contributed by atoms with E-state index in [1.165, 1.54) is 18.2 Å². The molecule has 0 radical (unpaired) electrons. The molecule has 1 unspecified atom stereocenters. The number of aliphatic carboxylic acids is 1. The van der Waals surface area contributed by atoms with Gasteiger partial charge in [-0.25, -0.2) is 8.78 Å². The van der Waals surface area contributed by atoms with Crippen molar-refractivity contribution < 1.29 is 28.2 Å². The molecule has 0 aliphatic carbocycles. The number of hydrogen-bond acceptors (Lipinski definition) is 5. The lowest BCUT2D eigenvalue weighted by atomic mass is 10.0. The number of nitrogens with zero attached hydrogens (tertiary/aromatic N) is 2. The van der Waals surface area contributed by atoms with Crippen LogP contribution in [0.15, 0.2) is 36.4 Å². The molecule has 0 bridgehead atoms. The highest BCUT2D eigenvalue weighted by molar-refractivity contribution is 5.86. The second-order valence-electron chi connectivity index (χ2n) is 6.37. The van der Waals surface area contributed by atoms with Gasteiger partial charge in [0.2, 0.25) is 0 Å². The average molecular weight is 417 g/mol. The van der Waals surface area contributed by atoms with Crippen LogP contribution < -0.4 is 5.73 Å². The first-order chi connectivity index (χ1) is 14.3. The van der Waals surface area contributed by atoms with Gasteiger partial charge in [-0.2, -0.15) is 5.26 Å². The van der Waals surface area contributed by atoms with E-state index >= 15 is 0 Å². The first kappa shape index (κ1) is 22.9. The second kappa shape index (κ2) is 10.4. The summed E-state index contributed by atoms with van der Waals surface area (Å²) in [5, 5.41) is 18.1. The van der Waals surface area contributed by atoms with E-state index in [0.717, 1.165) is 11.0 Å². The third-order valence-corrected chi connectivity index (χ3v) is 4.34. The number of amides is 1. The molecule has 0 saturated heterocycles. The molecule has 2 aromatic carbocycles. The Bertz CT molecular complexity index is 958. The van der Waals surface area contributed by atoms with Crippen molar-refractivity contribution in [3.63, 3.8) is 0 Å². The predicted molar refractivity (Wildman–Crippen MR) is 103 cm³/mol. The van der Waals surface area contributed by atoms with Gasteiger partial charge < -0.3 is 20.5 Å². The third-order valence-electron chi connectivity index (χ3n) is 4.34. The lowest BCUT2D eigenvalue weighted by Gasteiger charge is -2.27. The summed E-state index contributed by atoms with van der Waals surface area (Å²) in [5.74, 6) is -4.21. The number of carbonyl (C=O) groups is 2. The van der Waals surface area contributed by atoms with Gasteiger partial charge in [-0.3, -0.25) is 9.59 Å². The highest BCUT2D eigenvalue weighted by Gasteiger charge is 2.33. The van der Waals surface area contributed by atoms with E-state index < -0.39 is 41.7 Å². The Balaban J connectivity index is 2.44. The lowest BCUT2D eigenvalue weighted by Crippen LogP contribution is -2.39. The monoisotopic (exact) mass is 417 g/mol. The van der Waals surface area contributed by atoms with E-state index in [1.807, 2.05) is 6.07 Å². The molecule has 0 aliphatic heterocycles. The molecule has 30 heavy (non-hydrogen) atoms. The van der Waals surface area contributed by atoms with Gasteiger partial charge in [0.15, 0.2) is 6.10 Å². The fourth-order valence-corrected chi connectivity index (χ4v) is 2.90. The summed E-state index contributed by atoms with van der Waals surface area (Å²) in [7, 11) is 0. The van der Waals surface area contributed by atoms with Crippen molar-refractivity contribution in [1.29, 1.82) is 5.26 Å². The molecule has 7 nitrogen and oxygen atoms in total. The van der Waals surface area contributed by atoms with Crippen molar-refractivity contribution in [3.05, 3.63) is 70.3 Å². The van der Waals surface area contributed by atoms with E-state index in [1.54, 1.807) is 19.1 Å². The predicted octanol–water partition coefficient (Wildman–Crippen LogP) is 2.49. The number of carboxylic acids is 1. The van der Waals surface area contributed by atoms with Crippen LogP contribution >= 0.6 is 0 Å². The van der Waals surface area contributed by atoms with Crippen LogP contribution in [-0.2, 0) is 27.4 Å². The number of carbonyl (C=O) groups excluding carboxylic acids is 1. The number of hydrogen-bond donors (Lipinski definition) is 2. The van der Waals surface area contributed by atoms with Gasteiger partial charge >= 0.3 is 5.97 Å². The summed E-state index contributed by atoms with van der Waals surface area (Å²) in [5.41, 5.74) is 5.79. The normalized spacial score (nSPS) is 11.6. The summed E-state index contributed by atoms with van der Waals surface area (Å²) in [4.78, 5) is 25.4. The van der Waals surface area contributed by atoms with E-state index in [9.17, 15) is 23.5 Å². The van der Waals surface area contributed by atoms with Crippen molar-refractivity contribution >= 4 is 11.9 Å². The SMILES string of the molecule is CCOC(C(=O)N(CC(=O)O)Cc1ccc(C#N)cc1)c1c(F)ccc(CN)c1F. The van der Waals surface area contributed by atoms with Crippen LogP contribution in [-0.4, -0.2) is 35.0 Å². The molecule has 1 amide bonds. The van der Waals surface area contributed by atoms with Crippen LogP contribution in [0.5, 0.6) is 0 Å². The molecule has 1 atom stereocenters. The van der Waals surface area contributed by atoms with Crippen molar-refractivity contribution in [2.24, 2.45) is 5.73 Å². The lowest BCUT2D eigenvalue weighted by molar-refractivity contribution is -0.151. The van der Waals surface area contributed by atoms with Crippen molar-refractivity contribution in [3.8, 4) is 6.07 Å². The minimum absolute atomic E-state index is 0.000722. The zero-order valence-electron chi connectivity index (χ0n) is 16.3. The third kappa shape index (κ3) is 5.37. The Labute approximate surface area is 172 Å². The molecule has 2 rings (SSSR count). The van der Waals surface area contributed by atoms with Crippen molar-refractivity contribution in [2.75, 3.05) is 13.2 Å². The zero-order chi connectivity index (χ0) is 22.3. The first-order valence-corrected chi connectivity index (χ1v) is 9.10. The summed E-state index contributed by atoms with van der Waals surface area (Å²) >= 11 is 0. The number of nitriles is 1. The molecule has 0 aliphatic rings. The molecule has 0 aromatic heterocycles. The summed E-state index contributed by atoms with van der Waals surface area (Å²) < 4.78 is 34.6. The number of ether oxygens (including phenoxy) is 1. The Morgan fingerprint density at radius 1 is 1.23 bits per heavy atom. The van der Waals surface area contributed by atoms with Gasteiger partial charge in [0, 0.05) is 25.3 Å². The van der Waals surface area contributed by atoms with Crippen LogP contribution in [0.3, 0.4) is 0 Å². The van der Waals surface area contributed by atoms with Gasteiger partial charge in [-0.15, -0.1) is 0 Å². The average Bonchev–Trinajstić information content (AvgIpc) is 2.72. The number of nitrogens with two attached hydrogens (primary N) is 1. The highest BCUT2D eigenvalue weighted by atomic mass is 19.1. The number of carboxylic acid groups (broad SMARTS) is 1. The first-order valence-electron chi connectivity index (χ1n) is 9.10. The van der Waals surface area contributed by atoms with Crippen LogP contribution in [0.4, 0.5) is 8.78 Å². The minimum atomic E-state index is -1.68. The van der Waals surface area contributed by atoms with Crippen LogP contribution in [0.1, 0.15) is 35.3 Å². The summed E-state index contributed by atoms with van der Waals surface area (Å²) in [6.07, 6.45) is -1.68. The maximum atomic E-state index is 14.8. The van der Waals surface area contributed by atoms with Gasteiger partial charge in [0.1, 0.15) is 18.2 Å². The molecule has 0 fully saturated rings. The van der Waals surface area contributed by atoms with E-state index in [2.05, 4.69) is 0 Å². The number of benzene rings is 2. The molecule has 0 spiro atoms. The van der Waals surface area contributed by atoms with Crippen LogP contribution in [0, 0.1) is 23.0 Å². The Hall–Kier alpha value is -3.35. The van der Waals surface area contributed by atoms with Gasteiger partial charge in [0.05, 0.1) is 17.2 Å². The topological polar surface area (TPSA) is 117 Å². The summed E-state index contributed by atoms with van der Waals surface area (Å²) in [6.45, 7) is 0.434. The van der Waals surface area contributed by atoms with Gasteiger partial charge in [-0.05, 0) is 30.7 Å². The van der Waals surface area contributed by atoms with Crippen LogP contribution in [0.25, 0.3) is 0 Å². The van der Waals surface area contributed by atoms with Crippen molar-refractivity contribution in [1.82, 2.24) is 4.90 Å².